The average Bonchev–Trinajstić information content (AvgIpc) is 3.26. The SMILES string of the molecule is Cc1ccc(-c2noc(CN(C)CC3CCN(CC(O)c4ccccc4)CC3)n2)cc1F. The summed E-state index contributed by atoms with van der Waals surface area (Å²) in [5.74, 6) is 1.27. The standard InChI is InChI=1S/C25H31FN4O2/c1-18-8-9-21(14-22(18)26)25-27-24(32-28-25)17-29(2)15-19-10-12-30(13-11-19)16-23(31)20-6-4-3-5-7-20/h3-9,14,19,23,31H,10-13,15-17H2,1-2H3. The van der Waals surface area contributed by atoms with Gasteiger partial charge in [-0.05, 0) is 63.0 Å². The van der Waals surface area contributed by atoms with E-state index < -0.39 is 6.10 Å². The smallest absolute Gasteiger partial charge is 0.241 e. The average molecular weight is 439 g/mol. The summed E-state index contributed by atoms with van der Waals surface area (Å²) in [6, 6.07) is 14.8. The number of aliphatic hydroxyl groups excluding tert-OH is 1. The summed E-state index contributed by atoms with van der Waals surface area (Å²) in [4.78, 5) is 8.98. The van der Waals surface area contributed by atoms with Crippen LogP contribution in [0.5, 0.6) is 0 Å². The van der Waals surface area contributed by atoms with Gasteiger partial charge in [0.15, 0.2) is 0 Å². The largest absolute Gasteiger partial charge is 0.387 e. The normalized spacial score (nSPS) is 16.5. The van der Waals surface area contributed by atoms with Gasteiger partial charge in [0.05, 0.1) is 12.6 Å². The van der Waals surface area contributed by atoms with Gasteiger partial charge in [0.1, 0.15) is 5.82 Å². The van der Waals surface area contributed by atoms with Crippen molar-refractivity contribution >= 4 is 0 Å². The van der Waals surface area contributed by atoms with E-state index >= 15 is 0 Å². The quantitative estimate of drug-likeness (QED) is 0.572. The molecule has 0 saturated carbocycles. The van der Waals surface area contributed by atoms with Gasteiger partial charge in [0, 0.05) is 18.7 Å². The van der Waals surface area contributed by atoms with E-state index in [-0.39, 0.29) is 5.82 Å². The second-order valence-corrected chi connectivity index (χ2v) is 8.84. The monoisotopic (exact) mass is 438 g/mol. The van der Waals surface area contributed by atoms with E-state index in [4.69, 9.17) is 4.52 Å². The van der Waals surface area contributed by atoms with Crippen LogP contribution in [-0.2, 0) is 6.54 Å². The maximum absolute atomic E-state index is 13.8. The van der Waals surface area contributed by atoms with Gasteiger partial charge in [0.2, 0.25) is 11.7 Å². The van der Waals surface area contributed by atoms with Crippen LogP contribution in [0.3, 0.4) is 0 Å². The molecule has 170 valence electrons. The van der Waals surface area contributed by atoms with Crippen LogP contribution < -0.4 is 0 Å². The number of rotatable bonds is 8. The predicted molar refractivity (Wildman–Crippen MR) is 121 cm³/mol. The van der Waals surface area contributed by atoms with Gasteiger partial charge in [-0.25, -0.2) is 4.39 Å². The van der Waals surface area contributed by atoms with E-state index in [0.29, 0.717) is 41.8 Å². The molecule has 1 fully saturated rings. The van der Waals surface area contributed by atoms with Crippen LogP contribution in [0.15, 0.2) is 53.1 Å². The Morgan fingerprint density at radius 3 is 2.66 bits per heavy atom. The fourth-order valence-electron chi connectivity index (χ4n) is 4.28. The van der Waals surface area contributed by atoms with Crippen LogP contribution in [0.4, 0.5) is 4.39 Å². The van der Waals surface area contributed by atoms with Crippen molar-refractivity contribution in [1.29, 1.82) is 0 Å². The Bertz CT molecular complexity index is 1000. The first-order valence-corrected chi connectivity index (χ1v) is 11.2. The molecule has 1 atom stereocenters. The molecule has 0 aliphatic carbocycles. The number of aromatic nitrogens is 2. The van der Waals surface area contributed by atoms with Crippen LogP contribution in [0, 0.1) is 18.7 Å². The summed E-state index contributed by atoms with van der Waals surface area (Å²) in [7, 11) is 2.06. The second kappa shape index (κ2) is 10.3. The Hall–Kier alpha value is -2.61. The highest BCUT2D eigenvalue weighted by molar-refractivity contribution is 5.54. The zero-order valence-electron chi connectivity index (χ0n) is 18.7. The number of benzene rings is 2. The molecule has 2 heterocycles. The second-order valence-electron chi connectivity index (χ2n) is 8.84. The van der Waals surface area contributed by atoms with Crippen LogP contribution in [-0.4, -0.2) is 58.3 Å². The molecule has 1 aliphatic heterocycles. The Balaban J connectivity index is 1.23. The highest BCUT2D eigenvalue weighted by Gasteiger charge is 2.23. The van der Waals surface area contributed by atoms with E-state index in [2.05, 4.69) is 27.0 Å². The third-order valence-electron chi connectivity index (χ3n) is 6.20. The Morgan fingerprint density at radius 1 is 1.19 bits per heavy atom. The van der Waals surface area contributed by atoms with E-state index in [1.165, 1.54) is 6.07 Å². The molecule has 7 heteroatoms. The minimum Gasteiger partial charge on any atom is -0.387 e. The van der Waals surface area contributed by atoms with Crippen LogP contribution in [0.2, 0.25) is 0 Å². The highest BCUT2D eigenvalue weighted by atomic mass is 19.1. The number of halogens is 1. The first-order chi connectivity index (χ1) is 15.5. The fraction of sp³-hybridized carbons (Fsp3) is 0.440. The zero-order chi connectivity index (χ0) is 22.5. The number of aliphatic hydroxyl groups is 1. The van der Waals surface area contributed by atoms with Crippen molar-refractivity contribution in [2.75, 3.05) is 33.2 Å². The van der Waals surface area contributed by atoms with Gasteiger partial charge in [-0.3, -0.25) is 4.90 Å². The maximum atomic E-state index is 13.8. The Morgan fingerprint density at radius 2 is 1.94 bits per heavy atom. The van der Waals surface area contributed by atoms with Gasteiger partial charge in [-0.15, -0.1) is 0 Å². The third-order valence-corrected chi connectivity index (χ3v) is 6.20. The number of likely N-dealkylation sites (tertiary alicyclic amines) is 1. The van der Waals surface area contributed by atoms with Crippen LogP contribution in [0.1, 0.15) is 36.0 Å². The lowest BCUT2D eigenvalue weighted by atomic mass is 9.95. The van der Waals surface area contributed by atoms with E-state index in [0.717, 1.165) is 38.0 Å². The summed E-state index contributed by atoms with van der Waals surface area (Å²) in [5, 5.41) is 14.5. The van der Waals surface area contributed by atoms with Gasteiger partial charge in [-0.2, -0.15) is 4.98 Å². The minimum absolute atomic E-state index is 0.270. The molecule has 0 amide bonds. The first kappa shape index (κ1) is 22.6. The van der Waals surface area contributed by atoms with E-state index in [9.17, 15) is 9.50 Å². The maximum Gasteiger partial charge on any atom is 0.241 e. The third kappa shape index (κ3) is 5.79. The molecule has 2 aromatic carbocycles. The molecular formula is C25H31FN4O2. The molecule has 1 N–H and O–H groups in total. The molecule has 0 radical (unpaired) electrons. The summed E-state index contributed by atoms with van der Waals surface area (Å²) >= 11 is 0. The zero-order valence-corrected chi connectivity index (χ0v) is 18.7. The number of hydrogen-bond acceptors (Lipinski definition) is 6. The van der Waals surface area contributed by atoms with Gasteiger partial charge in [-0.1, -0.05) is 47.6 Å². The molecule has 32 heavy (non-hydrogen) atoms. The highest BCUT2D eigenvalue weighted by Crippen LogP contribution is 2.23. The van der Waals surface area contributed by atoms with E-state index in [1.807, 2.05) is 30.3 Å². The number of piperidine rings is 1. The number of nitrogens with zero attached hydrogens (tertiary/aromatic N) is 4. The van der Waals surface area contributed by atoms with E-state index in [1.54, 1.807) is 19.1 Å². The summed E-state index contributed by atoms with van der Waals surface area (Å²) < 4.78 is 19.2. The lowest BCUT2D eigenvalue weighted by Gasteiger charge is -2.34. The minimum atomic E-state index is -0.441. The summed E-state index contributed by atoms with van der Waals surface area (Å²) in [6.07, 6.45) is 1.76. The summed E-state index contributed by atoms with van der Waals surface area (Å²) in [5.41, 5.74) is 2.19. The molecule has 1 aliphatic rings. The van der Waals surface area contributed by atoms with Crippen molar-refractivity contribution < 1.29 is 14.0 Å². The molecule has 1 unspecified atom stereocenters. The first-order valence-electron chi connectivity index (χ1n) is 11.2. The molecule has 6 nitrogen and oxygen atoms in total. The van der Waals surface area contributed by atoms with Crippen LogP contribution in [0.25, 0.3) is 11.4 Å². The number of hydrogen-bond donors (Lipinski definition) is 1. The fourth-order valence-corrected chi connectivity index (χ4v) is 4.28. The van der Waals surface area contributed by atoms with Crippen LogP contribution >= 0.6 is 0 Å². The molecule has 1 aromatic heterocycles. The van der Waals surface area contributed by atoms with Crippen molar-refractivity contribution in [3.63, 3.8) is 0 Å². The molecule has 0 spiro atoms. The van der Waals surface area contributed by atoms with Crippen molar-refractivity contribution in [3.8, 4) is 11.4 Å². The Kier molecular flexibility index (Phi) is 7.29. The molecule has 3 aromatic rings. The van der Waals surface area contributed by atoms with Crippen molar-refractivity contribution in [2.45, 2.75) is 32.4 Å². The topological polar surface area (TPSA) is 65.6 Å². The lowest BCUT2D eigenvalue weighted by molar-refractivity contribution is 0.0816. The van der Waals surface area contributed by atoms with Crippen molar-refractivity contribution in [3.05, 3.63) is 71.4 Å². The number of aryl methyl sites for hydroxylation is 1. The Labute approximate surface area is 188 Å². The molecular weight excluding hydrogens is 407 g/mol. The van der Waals surface area contributed by atoms with Crippen molar-refractivity contribution in [2.24, 2.45) is 5.92 Å². The van der Waals surface area contributed by atoms with Gasteiger partial charge < -0.3 is 14.5 Å². The van der Waals surface area contributed by atoms with Crippen molar-refractivity contribution in [1.82, 2.24) is 19.9 Å². The predicted octanol–water partition coefficient (Wildman–Crippen LogP) is 4.06. The lowest BCUT2D eigenvalue weighted by Crippen LogP contribution is -2.39. The molecule has 0 bridgehead atoms. The van der Waals surface area contributed by atoms with Gasteiger partial charge >= 0.3 is 0 Å². The summed E-state index contributed by atoms with van der Waals surface area (Å²) in [6.45, 7) is 5.90. The van der Waals surface area contributed by atoms with Gasteiger partial charge in [0.25, 0.3) is 0 Å². The molecule has 4 rings (SSSR count). The molecule has 1 saturated heterocycles. The number of β-amino-alcohol motifs (C(OH)–C–C–N with tert-alkyl or cyclic N) is 1.